The summed E-state index contributed by atoms with van der Waals surface area (Å²) in [6.45, 7) is 5.84. The van der Waals surface area contributed by atoms with Gasteiger partial charge in [-0.15, -0.1) is 0 Å². The van der Waals surface area contributed by atoms with E-state index in [1.165, 1.54) is 13.2 Å². The molecule has 1 rings (SSSR count). The summed E-state index contributed by atoms with van der Waals surface area (Å²) in [7, 11) is -1.99. The molecule has 1 aromatic rings. The summed E-state index contributed by atoms with van der Waals surface area (Å²) in [6.07, 6.45) is 1.47. The van der Waals surface area contributed by atoms with Crippen molar-refractivity contribution in [2.24, 2.45) is 0 Å². The van der Waals surface area contributed by atoms with E-state index in [2.05, 4.69) is 20.7 Å². The number of benzene rings is 1. The maximum atomic E-state index is 12.3. The SMILES string of the molecule is CCC(C)(CC)NS(=O)(=O)c1ccc(OC)c(Br)c1. The zero-order chi connectivity index (χ0) is 14.7. The third-order valence-corrected chi connectivity index (χ3v) is 5.63. The fraction of sp³-hybridized carbons (Fsp3) is 0.538. The van der Waals surface area contributed by atoms with Gasteiger partial charge in [0.05, 0.1) is 16.5 Å². The van der Waals surface area contributed by atoms with Gasteiger partial charge in [-0.3, -0.25) is 0 Å². The van der Waals surface area contributed by atoms with E-state index in [-0.39, 0.29) is 4.90 Å². The van der Waals surface area contributed by atoms with Gasteiger partial charge in [0.25, 0.3) is 0 Å². The highest BCUT2D eigenvalue weighted by atomic mass is 79.9. The number of rotatable bonds is 6. The molecule has 1 N–H and O–H groups in total. The summed E-state index contributed by atoms with van der Waals surface area (Å²) in [4.78, 5) is 0.230. The predicted octanol–water partition coefficient (Wildman–Crippen LogP) is 3.31. The van der Waals surface area contributed by atoms with Crippen molar-refractivity contribution in [1.29, 1.82) is 0 Å². The van der Waals surface area contributed by atoms with Crippen molar-refractivity contribution in [3.05, 3.63) is 22.7 Å². The van der Waals surface area contributed by atoms with Gasteiger partial charge in [0.15, 0.2) is 0 Å². The molecule has 0 amide bonds. The van der Waals surface area contributed by atoms with Crippen LogP contribution in [0.3, 0.4) is 0 Å². The molecule has 6 heteroatoms. The molecule has 1 aromatic carbocycles. The molecule has 0 aliphatic carbocycles. The predicted molar refractivity (Wildman–Crippen MR) is 80.0 cm³/mol. The lowest BCUT2D eigenvalue weighted by Crippen LogP contribution is -2.44. The van der Waals surface area contributed by atoms with Crippen LogP contribution >= 0.6 is 15.9 Å². The fourth-order valence-corrected chi connectivity index (χ4v) is 3.86. The smallest absolute Gasteiger partial charge is 0.241 e. The maximum absolute atomic E-state index is 12.3. The molecule has 0 fully saturated rings. The molecule has 0 bridgehead atoms. The zero-order valence-corrected chi connectivity index (χ0v) is 14.1. The lowest BCUT2D eigenvalue weighted by atomic mass is 9.98. The first-order valence-electron chi connectivity index (χ1n) is 6.15. The van der Waals surface area contributed by atoms with Crippen LogP contribution in [0.25, 0.3) is 0 Å². The molecule has 0 saturated carbocycles. The largest absolute Gasteiger partial charge is 0.496 e. The van der Waals surface area contributed by atoms with Crippen molar-refractivity contribution in [3.8, 4) is 5.75 Å². The van der Waals surface area contributed by atoms with Crippen LogP contribution in [0.2, 0.25) is 0 Å². The third kappa shape index (κ3) is 3.94. The fourth-order valence-electron chi connectivity index (χ4n) is 1.59. The second-order valence-electron chi connectivity index (χ2n) is 4.67. The van der Waals surface area contributed by atoms with E-state index in [0.29, 0.717) is 10.2 Å². The van der Waals surface area contributed by atoms with Crippen LogP contribution in [-0.2, 0) is 10.0 Å². The molecule has 0 aliphatic heterocycles. The minimum absolute atomic E-state index is 0.230. The molecule has 0 atom stereocenters. The third-order valence-electron chi connectivity index (χ3n) is 3.37. The van der Waals surface area contributed by atoms with Crippen LogP contribution in [0.4, 0.5) is 0 Å². The maximum Gasteiger partial charge on any atom is 0.241 e. The average molecular weight is 350 g/mol. The molecule has 4 nitrogen and oxygen atoms in total. The van der Waals surface area contributed by atoms with Gasteiger partial charge in [0, 0.05) is 5.54 Å². The molecule has 0 spiro atoms. The van der Waals surface area contributed by atoms with Crippen molar-refractivity contribution in [1.82, 2.24) is 4.72 Å². The molecule has 0 aromatic heterocycles. The number of hydrogen-bond donors (Lipinski definition) is 1. The van der Waals surface area contributed by atoms with Gasteiger partial charge >= 0.3 is 0 Å². The summed E-state index contributed by atoms with van der Waals surface area (Å²) in [5.41, 5.74) is -0.425. The van der Waals surface area contributed by atoms with Crippen LogP contribution in [0.15, 0.2) is 27.6 Å². The highest BCUT2D eigenvalue weighted by molar-refractivity contribution is 9.10. The minimum Gasteiger partial charge on any atom is -0.496 e. The molecule has 0 radical (unpaired) electrons. The molecular formula is C13H20BrNO3S. The lowest BCUT2D eigenvalue weighted by molar-refractivity contribution is 0.388. The molecule has 0 heterocycles. The highest BCUT2D eigenvalue weighted by Gasteiger charge is 2.27. The Balaban J connectivity index is 3.11. The van der Waals surface area contributed by atoms with Gasteiger partial charge in [-0.25, -0.2) is 13.1 Å². The molecule has 19 heavy (non-hydrogen) atoms. The van der Waals surface area contributed by atoms with Crippen LogP contribution in [0, 0.1) is 0 Å². The normalized spacial score (nSPS) is 12.5. The van der Waals surface area contributed by atoms with Gasteiger partial charge in [0.2, 0.25) is 10.0 Å². The topological polar surface area (TPSA) is 55.4 Å². The minimum atomic E-state index is -3.53. The molecule has 0 saturated heterocycles. The Labute approximate surface area is 123 Å². The van der Waals surface area contributed by atoms with Gasteiger partial charge in [-0.1, -0.05) is 13.8 Å². The van der Waals surface area contributed by atoms with Crippen LogP contribution in [0.5, 0.6) is 5.75 Å². The molecule has 108 valence electrons. The number of ether oxygens (including phenoxy) is 1. The van der Waals surface area contributed by atoms with E-state index in [0.717, 1.165) is 12.8 Å². The summed E-state index contributed by atoms with van der Waals surface area (Å²) >= 11 is 3.30. The van der Waals surface area contributed by atoms with E-state index in [4.69, 9.17) is 4.74 Å². The first-order valence-corrected chi connectivity index (χ1v) is 8.43. The first-order chi connectivity index (χ1) is 8.78. The van der Waals surface area contributed by atoms with E-state index in [9.17, 15) is 8.42 Å². The van der Waals surface area contributed by atoms with Gasteiger partial charge in [0.1, 0.15) is 5.75 Å². The average Bonchev–Trinajstić information content (AvgIpc) is 2.38. The standard InChI is InChI=1S/C13H20BrNO3S/c1-5-13(3,6-2)15-19(16,17)10-7-8-12(18-4)11(14)9-10/h7-9,15H,5-6H2,1-4H3. The van der Waals surface area contributed by atoms with Crippen LogP contribution in [0.1, 0.15) is 33.6 Å². The van der Waals surface area contributed by atoms with E-state index >= 15 is 0 Å². The number of sulfonamides is 1. The Morgan fingerprint density at radius 3 is 2.32 bits per heavy atom. The Bertz CT molecular complexity index is 539. The number of methoxy groups -OCH3 is 1. The Morgan fingerprint density at radius 2 is 1.89 bits per heavy atom. The number of halogens is 1. The highest BCUT2D eigenvalue weighted by Crippen LogP contribution is 2.28. The lowest BCUT2D eigenvalue weighted by Gasteiger charge is -2.27. The van der Waals surface area contributed by atoms with E-state index < -0.39 is 15.6 Å². The molecule has 0 unspecified atom stereocenters. The first kappa shape index (κ1) is 16.5. The number of nitrogens with one attached hydrogen (secondary N) is 1. The summed E-state index contributed by atoms with van der Waals surface area (Å²) in [6, 6.07) is 4.72. The zero-order valence-electron chi connectivity index (χ0n) is 11.7. The molecular weight excluding hydrogens is 330 g/mol. The van der Waals surface area contributed by atoms with Crippen molar-refractivity contribution >= 4 is 26.0 Å². The van der Waals surface area contributed by atoms with Crippen LogP contribution < -0.4 is 9.46 Å². The monoisotopic (exact) mass is 349 g/mol. The molecule has 0 aliphatic rings. The Morgan fingerprint density at radius 1 is 1.32 bits per heavy atom. The second kappa shape index (κ2) is 6.24. The van der Waals surface area contributed by atoms with Crippen LogP contribution in [-0.4, -0.2) is 21.1 Å². The number of hydrogen-bond acceptors (Lipinski definition) is 3. The van der Waals surface area contributed by atoms with Crippen molar-refractivity contribution in [2.45, 2.75) is 44.0 Å². The van der Waals surface area contributed by atoms with E-state index in [1.54, 1.807) is 12.1 Å². The Hall–Kier alpha value is -0.590. The Kier molecular flexibility index (Phi) is 5.41. The summed E-state index contributed by atoms with van der Waals surface area (Å²) in [5, 5.41) is 0. The van der Waals surface area contributed by atoms with Crippen molar-refractivity contribution in [3.63, 3.8) is 0 Å². The van der Waals surface area contributed by atoms with E-state index in [1.807, 2.05) is 20.8 Å². The van der Waals surface area contributed by atoms with Gasteiger partial charge in [-0.05, 0) is 53.9 Å². The van der Waals surface area contributed by atoms with Crippen molar-refractivity contribution in [2.75, 3.05) is 7.11 Å². The quantitative estimate of drug-likeness (QED) is 0.856. The van der Waals surface area contributed by atoms with Crippen molar-refractivity contribution < 1.29 is 13.2 Å². The summed E-state index contributed by atoms with van der Waals surface area (Å²) in [5.74, 6) is 0.604. The summed E-state index contributed by atoms with van der Waals surface area (Å²) < 4.78 is 33.2. The van der Waals surface area contributed by atoms with Gasteiger partial charge < -0.3 is 4.74 Å². The second-order valence-corrected chi connectivity index (χ2v) is 7.21. The van der Waals surface area contributed by atoms with Gasteiger partial charge in [-0.2, -0.15) is 0 Å².